The molecule has 0 aliphatic carbocycles. The Morgan fingerprint density at radius 2 is 1.83 bits per heavy atom. The van der Waals surface area contributed by atoms with Crippen molar-refractivity contribution in [2.45, 2.75) is 25.2 Å². The third-order valence-corrected chi connectivity index (χ3v) is 6.67. The van der Waals surface area contributed by atoms with Gasteiger partial charge in [-0.1, -0.05) is 18.3 Å². The molecule has 3 N–H and O–H groups in total. The van der Waals surface area contributed by atoms with Crippen LogP contribution in [-0.4, -0.2) is 40.3 Å². The van der Waals surface area contributed by atoms with Crippen molar-refractivity contribution in [3.8, 4) is 15.8 Å². The zero-order chi connectivity index (χ0) is 21.2. The van der Waals surface area contributed by atoms with Gasteiger partial charge in [0.1, 0.15) is 5.82 Å². The van der Waals surface area contributed by atoms with Crippen molar-refractivity contribution in [1.29, 1.82) is 0 Å². The van der Waals surface area contributed by atoms with E-state index in [4.69, 9.17) is 5.11 Å². The zero-order valence-corrected chi connectivity index (χ0v) is 17.3. The summed E-state index contributed by atoms with van der Waals surface area (Å²) in [5.74, 6) is -1.29. The molecule has 152 valence electrons. The van der Waals surface area contributed by atoms with Gasteiger partial charge in [0, 0.05) is 16.9 Å². The largest absolute Gasteiger partial charge is 0.499 e. The van der Waals surface area contributed by atoms with E-state index in [-0.39, 0.29) is 9.96 Å². The van der Waals surface area contributed by atoms with Gasteiger partial charge in [-0.3, -0.25) is 4.79 Å². The number of aromatic nitrogens is 2. The lowest BCUT2D eigenvalue weighted by Crippen LogP contribution is -2.15. The van der Waals surface area contributed by atoms with Gasteiger partial charge < -0.3 is 15.5 Å². The quantitative estimate of drug-likeness (QED) is 0.517. The summed E-state index contributed by atoms with van der Waals surface area (Å²) in [5.41, 5.74) is 2.32. The highest BCUT2D eigenvalue weighted by atomic mass is 32.2. The fraction of sp³-hybridized carbons (Fsp3) is 0.211. The van der Waals surface area contributed by atoms with Crippen LogP contribution in [0.25, 0.3) is 10.7 Å². The summed E-state index contributed by atoms with van der Waals surface area (Å²) in [6.45, 7) is 3.86. The number of carbonyl (C=O) groups is 1. The molecule has 0 spiro atoms. The van der Waals surface area contributed by atoms with Crippen LogP contribution in [0, 0.1) is 6.92 Å². The number of nitrogens with zero attached hydrogens (tertiary/aromatic N) is 2. The third kappa shape index (κ3) is 4.72. The van der Waals surface area contributed by atoms with Crippen LogP contribution in [0.1, 0.15) is 18.2 Å². The fourth-order valence-electron chi connectivity index (χ4n) is 2.81. The molecule has 2 heterocycles. The Kier molecular flexibility index (Phi) is 5.85. The van der Waals surface area contributed by atoms with Gasteiger partial charge >= 0.3 is 5.97 Å². The van der Waals surface area contributed by atoms with Gasteiger partial charge in [-0.15, -0.1) is 0 Å². The van der Waals surface area contributed by atoms with Gasteiger partial charge in [0.05, 0.1) is 9.77 Å². The third-order valence-electron chi connectivity index (χ3n) is 4.17. The number of aliphatic carboxylic acids is 1. The van der Waals surface area contributed by atoms with Crippen LogP contribution in [0.4, 0.5) is 11.5 Å². The number of nitrogens with one attached hydrogen (secondary N) is 1. The molecule has 0 fully saturated rings. The van der Waals surface area contributed by atoms with Crippen molar-refractivity contribution in [3.63, 3.8) is 0 Å². The molecule has 0 unspecified atom stereocenters. The topological polar surface area (TPSA) is 129 Å². The number of rotatable bonds is 7. The number of anilines is 2. The first kappa shape index (κ1) is 20.7. The number of sulfone groups is 1. The Labute approximate surface area is 171 Å². The van der Waals surface area contributed by atoms with Crippen molar-refractivity contribution in [3.05, 3.63) is 47.7 Å². The lowest BCUT2D eigenvalue weighted by Gasteiger charge is -2.14. The second kappa shape index (κ2) is 8.18. The highest BCUT2D eigenvalue weighted by Crippen LogP contribution is 2.32. The first-order chi connectivity index (χ1) is 13.7. The maximum absolute atomic E-state index is 12.0. The summed E-state index contributed by atoms with van der Waals surface area (Å²) in [5, 5.41) is 21.7. The van der Waals surface area contributed by atoms with Crippen molar-refractivity contribution in [2.75, 3.05) is 11.1 Å². The first-order valence-corrected chi connectivity index (χ1v) is 11.1. The molecule has 0 bridgehead atoms. The van der Waals surface area contributed by atoms with Crippen LogP contribution in [0.3, 0.4) is 0 Å². The first-order valence-electron chi connectivity index (χ1n) is 8.68. The van der Waals surface area contributed by atoms with Gasteiger partial charge in [0.25, 0.3) is 0 Å². The van der Waals surface area contributed by atoms with Gasteiger partial charge in [0.15, 0.2) is 26.5 Å². The number of hydrogen-bond acceptors (Lipinski definition) is 8. The van der Waals surface area contributed by atoms with E-state index in [0.29, 0.717) is 23.8 Å². The smallest absolute Gasteiger partial charge is 0.319 e. The minimum atomic E-state index is -3.88. The number of carboxylic acid groups (broad SMARTS) is 1. The van der Waals surface area contributed by atoms with Crippen molar-refractivity contribution >= 4 is 38.6 Å². The fourth-order valence-corrected chi connectivity index (χ4v) is 4.53. The summed E-state index contributed by atoms with van der Waals surface area (Å²) >= 11 is 1.18. The SMILES string of the molecule is CCc1c(C)nc(-c2ccc(O)s2)nc1Nc1ccc(S(=O)(=O)CC(=O)O)cc1. The molecule has 8 nitrogen and oxygen atoms in total. The molecule has 1 aromatic carbocycles. The minimum absolute atomic E-state index is 0.0604. The van der Waals surface area contributed by atoms with Crippen molar-refractivity contribution in [2.24, 2.45) is 0 Å². The predicted molar refractivity (Wildman–Crippen MR) is 111 cm³/mol. The molecule has 3 rings (SSSR count). The maximum atomic E-state index is 12.0. The van der Waals surface area contributed by atoms with Crippen LogP contribution < -0.4 is 5.32 Å². The minimum Gasteiger partial charge on any atom is -0.499 e. The summed E-state index contributed by atoms with van der Waals surface area (Å²) in [6.07, 6.45) is 0.690. The number of benzene rings is 1. The number of aryl methyl sites for hydroxylation is 1. The highest BCUT2D eigenvalue weighted by molar-refractivity contribution is 7.92. The van der Waals surface area contributed by atoms with Crippen LogP contribution in [0.15, 0.2) is 41.3 Å². The Balaban J connectivity index is 1.93. The van der Waals surface area contributed by atoms with Crippen molar-refractivity contribution < 1.29 is 23.4 Å². The van der Waals surface area contributed by atoms with Gasteiger partial charge in [-0.05, 0) is 49.7 Å². The second-order valence-electron chi connectivity index (χ2n) is 6.25. The van der Waals surface area contributed by atoms with Crippen LogP contribution in [0.5, 0.6) is 5.06 Å². The van der Waals surface area contributed by atoms with E-state index in [1.165, 1.54) is 23.5 Å². The predicted octanol–water partition coefficient (Wildman–Crippen LogP) is 3.38. The molecule has 0 saturated carbocycles. The van der Waals surface area contributed by atoms with Crippen LogP contribution in [0.2, 0.25) is 0 Å². The van der Waals surface area contributed by atoms with Gasteiger partial charge in [-0.25, -0.2) is 18.4 Å². The van der Waals surface area contributed by atoms with E-state index in [0.717, 1.165) is 16.1 Å². The number of thiophene rings is 1. The normalized spacial score (nSPS) is 11.4. The van der Waals surface area contributed by atoms with E-state index in [9.17, 15) is 18.3 Å². The summed E-state index contributed by atoms with van der Waals surface area (Å²) in [4.78, 5) is 20.5. The van der Waals surface area contributed by atoms with Crippen molar-refractivity contribution in [1.82, 2.24) is 9.97 Å². The molecule has 0 saturated heterocycles. The molecule has 0 radical (unpaired) electrons. The van der Waals surface area contributed by atoms with E-state index in [2.05, 4.69) is 15.3 Å². The van der Waals surface area contributed by atoms with Crippen LogP contribution >= 0.6 is 11.3 Å². The van der Waals surface area contributed by atoms with E-state index in [1.54, 1.807) is 24.3 Å². The number of aromatic hydroxyl groups is 1. The standard InChI is InChI=1S/C19H19N3O5S2/c1-3-14-11(2)20-19(15-8-9-17(25)28-15)22-18(14)21-12-4-6-13(7-5-12)29(26,27)10-16(23)24/h4-9,25H,3,10H2,1-2H3,(H,23,24)(H,20,21,22). The summed E-state index contributed by atoms with van der Waals surface area (Å²) < 4.78 is 24.0. The number of hydrogen-bond donors (Lipinski definition) is 3. The molecule has 0 atom stereocenters. The maximum Gasteiger partial charge on any atom is 0.319 e. The summed E-state index contributed by atoms with van der Waals surface area (Å²) in [6, 6.07) is 9.16. The Morgan fingerprint density at radius 3 is 2.38 bits per heavy atom. The average Bonchev–Trinajstić information content (AvgIpc) is 3.07. The molecule has 0 aliphatic rings. The molecular formula is C19H19N3O5S2. The van der Waals surface area contributed by atoms with Gasteiger partial charge in [-0.2, -0.15) is 0 Å². The molecule has 0 amide bonds. The van der Waals surface area contributed by atoms with Crippen LogP contribution in [-0.2, 0) is 21.1 Å². The molecule has 29 heavy (non-hydrogen) atoms. The molecule has 3 aromatic rings. The van der Waals surface area contributed by atoms with Gasteiger partial charge in [0.2, 0.25) is 0 Å². The summed E-state index contributed by atoms with van der Waals surface area (Å²) in [7, 11) is -3.88. The molecular weight excluding hydrogens is 414 g/mol. The average molecular weight is 434 g/mol. The second-order valence-corrected chi connectivity index (χ2v) is 9.31. The molecule has 0 aliphatic heterocycles. The Morgan fingerprint density at radius 1 is 1.14 bits per heavy atom. The van der Waals surface area contributed by atoms with E-state index in [1.807, 2.05) is 13.8 Å². The Hall–Kier alpha value is -2.98. The lowest BCUT2D eigenvalue weighted by atomic mass is 10.1. The zero-order valence-electron chi connectivity index (χ0n) is 15.7. The van der Waals surface area contributed by atoms with E-state index < -0.39 is 21.6 Å². The Bertz CT molecular complexity index is 1160. The van der Waals surface area contributed by atoms with E-state index >= 15 is 0 Å². The monoisotopic (exact) mass is 433 g/mol. The molecule has 10 heteroatoms. The highest BCUT2D eigenvalue weighted by Gasteiger charge is 2.19. The lowest BCUT2D eigenvalue weighted by molar-refractivity contribution is -0.134. The number of carboxylic acids is 1. The molecule has 2 aromatic heterocycles.